The Kier molecular flexibility index (Phi) is 6.09. The molecule has 0 aromatic heterocycles. The Bertz CT molecular complexity index is 323. The van der Waals surface area contributed by atoms with E-state index in [2.05, 4.69) is 12.2 Å². The first-order valence-corrected chi connectivity index (χ1v) is 5.03. The van der Waals surface area contributed by atoms with Gasteiger partial charge in [0.25, 0.3) is 5.91 Å². The van der Waals surface area contributed by atoms with Crippen LogP contribution in [0.25, 0.3) is 0 Å². The van der Waals surface area contributed by atoms with Crippen LogP contribution in [0.3, 0.4) is 0 Å². The Hall–Kier alpha value is -0.960. The molecule has 1 rings (SSSR count). The van der Waals surface area contributed by atoms with Crippen molar-refractivity contribution in [3.63, 3.8) is 0 Å². The molecule has 1 aromatic rings. The zero-order chi connectivity index (χ0) is 10.6. The van der Waals surface area contributed by atoms with Crippen molar-refractivity contribution >= 4 is 19.4 Å². The number of rotatable bonds is 3. The quantitative estimate of drug-likeness (QED) is 0.841. The summed E-state index contributed by atoms with van der Waals surface area (Å²) in [5.41, 5.74) is 1.94. The van der Waals surface area contributed by atoms with Gasteiger partial charge in [0.2, 0.25) is 0 Å². The van der Waals surface area contributed by atoms with Gasteiger partial charge in [-0.1, -0.05) is 19.1 Å². The number of nitrogens with one attached hydrogen (secondary N) is 1. The molecule has 2 nitrogen and oxygen atoms in total. The predicted octanol–water partition coefficient (Wildman–Crippen LogP) is 2.50. The Labute approximate surface area is 98.5 Å². The minimum Gasteiger partial charge on any atom is -0.350 e. The molecule has 0 saturated carbocycles. The molecule has 1 aromatic carbocycles. The van der Waals surface area contributed by atoms with Crippen molar-refractivity contribution in [2.24, 2.45) is 0 Å². The third-order valence-electron chi connectivity index (χ3n) is 2.02. The largest absolute Gasteiger partial charge is 0.350 e. The van der Waals surface area contributed by atoms with Gasteiger partial charge >= 0.3 is 0 Å². The van der Waals surface area contributed by atoms with E-state index in [0.29, 0.717) is 0 Å². The number of benzene rings is 1. The molecule has 1 N–H and O–H groups in total. The lowest BCUT2D eigenvalue weighted by Crippen LogP contribution is -2.30. The van der Waals surface area contributed by atoms with E-state index in [1.807, 2.05) is 38.1 Å². The van der Waals surface area contributed by atoms with Crippen molar-refractivity contribution < 1.29 is 4.79 Å². The highest BCUT2D eigenvalue weighted by Crippen LogP contribution is 2.05. The van der Waals surface area contributed by atoms with Gasteiger partial charge in [0.05, 0.1) is 0 Å². The van der Waals surface area contributed by atoms with Crippen molar-refractivity contribution in [2.45, 2.75) is 33.2 Å². The van der Waals surface area contributed by atoms with E-state index in [-0.39, 0.29) is 25.4 Å². The third-order valence-corrected chi connectivity index (χ3v) is 2.02. The van der Waals surface area contributed by atoms with E-state index in [1.54, 1.807) is 0 Å². The Morgan fingerprint density at radius 1 is 1.40 bits per heavy atom. The molecule has 0 radical (unpaired) electrons. The summed E-state index contributed by atoms with van der Waals surface area (Å²) in [7, 11) is 0. The molecule has 3 heteroatoms. The monoisotopic (exact) mass is 225 g/mol. The van der Waals surface area contributed by atoms with E-state index in [0.717, 1.165) is 12.0 Å². The lowest BCUT2D eigenvalue weighted by atomic mass is 10.1. The first-order chi connectivity index (χ1) is 6.63. The summed E-state index contributed by atoms with van der Waals surface area (Å²) < 4.78 is 0. The van der Waals surface area contributed by atoms with E-state index in [1.165, 1.54) is 5.56 Å². The summed E-state index contributed by atoms with van der Waals surface area (Å²) in [5.74, 6) is 0.00954. The molecular weight excluding hydrogens is 206 g/mol. The highest BCUT2D eigenvalue weighted by atomic mass is 32.1. The minimum absolute atomic E-state index is 0. The van der Waals surface area contributed by atoms with Gasteiger partial charge in [-0.25, -0.2) is 0 Å². The standard InChI is InChI=1S/C12H17NO.H2S/c1-4-10-6-5-7-11(8-10)12(14)13-9(2)3;/h5-9H,4H2,1-3H3,(H,13,14);1H2. The van der Waals surface area contributed by atoms with Gasteiger partial charge in [0, 0.05) is 11.6 Å². The lowest BCUT2D eigenvalue weighted by molar-refractivity contribution is 0.0943. The Morgan fingerprint density at radius 2 is 2.07 bits per heavy atom. The SMILES string of the molecule is CCc1cccc(C(=O)NC(C)C)c1.S. The summed E-state index contributed by atoms with van der Waals surface area (Å²) in [4.78, 5) is 11.6. The zero-order valence-electron chi connectivity index (χ0n) is 9.50. The molecular formula is C12H19NOS. The van der Waals surface area contributed by atoms with Crippen LogP contribution in [0.5, 0.6) is 0 Å². The normalized spacial score (nSPS) is 9.60. The molecule has 84 valence electrons. The number of hydrogen-bond acceptors (Lipinski definition) is 1. The van der Waals surface area contributed by atoms with Crippen molar-refractivity contribution in [3.8, 4) is 0 Å². The van der Waals surface area contributed by atoms with Crippen LogP contribution in [0.1, 0.15) is 36.7 Å². The topological polar surface area (TPSA) is 29.1 Å². The molecule has 0 heterocycles. The van der Waals surface area contributed by atoms with Gasteiger partial charge in [-0.3, -0.25) is 4.79 Å². The molecule has 0 saturated heterocycles. The van der Waals surface area contributed by atoms with Crippen LogP contribution in [0.2, 0.25) is 0 Å². The van der Waals surface area contributed by atoms with Crippen LogP contribution < -0.4 is 5.32 Å². The van der Waals surface area contributed by atoms with Gasteiger partial charge in [0.15, 0.2) is 0 Å². The maximum Gasteiger partial charge on any atom is 0.251 e. The summed E-state index contributed by atoms with van der Waals surface area (Å²) in [6.07, 6.45) is 0.961. The third kappa shape index (κ3) is 4.38. The number of carbonyl (C=O) groups is 1. The molecule has 0 fully saturated rings. The fourth-order valence-corrected chi connectivity index (χ4v) is 1.28. The van der Waals surface area contributed by atoms with Gasteiger partial charge in [-0.05, 0) is 38.0 Å². The first-order valence-electron chi connectivity index (χ1n) is 5.03. The fourth-order valence-electron chi connectivity index (χ4n) is 1.28. The van der Waals surface area contributed by atoms with Crippen LogP contribution in [-0.2, 0) is 6.42 Å². The first kappa shape index (κ1) is 14.0. The number of aryl methyl sites for hydroxylation is 1. The average molecular weight is 225 g/mol. The molecule has 1 amide bonds. The molecule has 15 heavy (non-hydrogen) atoms. The zero-order valence-corrected chi connectivity index (χ0v) is 10.5. The molecule has 0 spiro atoms. The van der Waals surface area contributed by atoms with Crippen molar-refractivity contribution in [1.82, 2.24) is 5.32 Å². The van der Waals surface area contributed by atoms with Gasteiger partial charge in [0.1, 0.15) is 0 Å². The van der Waals surface area contributed by atoms with Crippen LogP contribution in [0.4, 0.5) is 0 Å². The van der Waals surface area contributed by atoms with E-state index >= 15 is 0 Å². The lowest BCUT2D eigenvalue weighted by Gasteiger charge is -2.08. The highest BCUT2D eigenvalue weighted by Gasteiger charge is 2.06. The fraction of sp³-hybridized carbons (Fsp3) is 0.417. The van der Waals surface area contributed by atoms with Gasteiger partial charge < -0.3 is 5.32 Å². The second kappa shape index (κ2) is 6.51. The number of carbonyl (C=O) groups excluding carboxylic acids is 1. The minimum atomic E-state index is 0. The van der Waals surface area contributed by atoms with Crippen molar-refractivity contribution in [2.75, 3.05) is 0 Å². The molecule has 0 bridgehead atoms. The van der Waals surface area contributed by atoms with E-state index in [4.69, 9.17) is 0 Å². The summed E-state index contributed by atoms with van der Waals surface area (Å²) in [6, 6.07) is 7.93. The maximum atomic E-state index is 11.6. The second-order valence-corrected chi connectivity index (χ2v) is 3.68. The van der Waals surface area contributed by atoms with Crippen LogP contribution in [-0.4, -0.2) is 11.9 Å². The smallest absolute Gasteiger partial charge is 0.251 e. The highest BCUT2D eigenvalue weighted by molar-refractivity contribution is 7.59. The predicted molar refractivity (Wildman–Crippen MR) is 68.8 cm³/mol. The van der Waals surface area contributed by atoms with E-state index in [9.17, 15) is 4.79 Å². The molecule has 0 unspecified atom stereocenters. The summed E-state index contributed by atoms with van der Waals surface area (Å²) >= 11 is 0. The number of hydrogen-bond donors (Lipinski definition) is 1. The van der Waals surface area contributed by atoms with E-state index < -0.39 is 0 Å². The van der Waals surface area contributed by atoms with Crippen LogP contribution in [0.15, 0.2) is 24.3 Å². The van der Waals surface area contributed by atoms with Gasteiger partial charge in [-0.2, -0.15) is 13.5 Å². The second-order valence-electron chi connectivity index (χ2n) is 3.68. The molecule has 0 aliphatic rings. The van der Waals surface area contributed by atoms with Crippen molar-refractivity contribution in [3.05, 3.63) is 35.4 Å². The Balaban J connectivity index is 0.00000196. The summed E-state index contributed by atoms with van der Waals surface area (Å²) in [5, 5.41) is 2.87. The molecule has 0 aliphatic carbocycles. The summed E-state index contributed by atoms with van der Waals surface area (Å²) in [6.45, 7) is 6.00. The van der Waals surface area contributed by atoms with Crippen LogP contribution in [0, 0.1) is 0 Å². The van der Waals surface area contributed by atoms with Gasteiger partial charge in [-0.15, -0.1) is 0 Å². The molecule has 0 aliphatic heterocycles. The van der Waals surface area contributed by atoms with Crippen molar-refractivity contribution in [1.29, 1.82) is 0 Å². The average Bonchev–Trinajstić information content (AvgIpc) is 2.17. The molecule has 0 atom stereocenters. The Morgan fingerprint density at radius 3 is 2.60 bits per heavy atom. The maximum absolute atomic E-state index is 11.6. The number of amides is 1. The van der Waals surface area contributed by atoms with Crippen LogP contribution >= 0.6 is 13.5 Å².